The summed E-state index contributed by atoms with van der Waals surface area (Å²) in [7, 11) is 0. The molecule has 15 heavy (non-hydrogen) atoms. The van der Waals surface area contributed by atoms with Crippen molar-refractivity contribution in [3.8, 4) is 0 Å². The van der Waals surface area contributed by atoms with Gasteiger partial charge in [-0.25, -0.2) is 0 Å². The van der Waals surface area contributed by atoms with Crippen molar-refractivity contribution in [1.82, 2.24) is 10.2 Å². The molecule has 3 nitrogen and oxygen atoms in total. The van der Waals surface area contributed by atoms with Crippen molar-refractivity contribution in [1.29, 1.82) is 0 Å². The Morgan fingerprint density at radius 3 is 2.80 bits per heavy atom. The summed E-state index contributed by atoms with van der Waals surface area (Å²) in [5, 5.41) is 12.6. The maximum absolute atomic E-state index is 9.00. The highest BCUT2D eigenvalue weighted by Crippen LogP contribution is 2.20. The Labute approximate surface area is 93.9 Å². The highest BCUT2D eigenvalue weighted by atomic mass is 16.3. The standard InChI is InChI=1S/C12H26N2O/c1-4-6-14-8-11(5-7-15)13-9-12(2,3)10-14/h11,13,15H,4-10H2,1-3H3. The molecule has 1 atom stereocenters. The molecule has 3 heteroatoms. The third-order valence-corrected chi connectivity index (χ3v) is 3.02. The van der Waals surface area contributed by atoms with E-state index < -0.39 is 0 Å². The minimum absolute atomic E-state index is 0.290. The van der Waals surface area contributed by atoms with E-state index in [1.54, 1.807) is 0 Å². The SMILES string of the molecule is CCCN1CC(CCO)NCC(C)(C)C1. The van der Waals surface area contributed by atoms with Crippen LogP contribution in [0.1, 0.15) is 33.6 Å². The molecule has 0 aromatic heterocycles. The van der Waals surface area contributed by atoms with Gasteiger partial charge in [-0.15, -0.1) is 0 Å². The third-order valence-electron chi connectivity index (χ3n) is 3.02. The van der Waals surface area contributed by atoms with E-state index in [9.17, 15) is 0 Å². The normalized spacial score (nSPS) is 27.6. The Morgan fingerprint density at radius 1 is 1.47 bits per heavy atom. The Hall–Kier alpha value is -0.120. The Balaban J connectivity index is 2.54. The number of nitrogens with zero attached hydrogens (tertiary/aromatic N) is 1. The van der Waals surface area contributed by atoms with Crippen LogP contribution in [0.4, 0.5) is 0 Å². The van der Waals surface area contributed by atoms with Gasteiger partial charge >= 0.3 is 0 Å². The zero-order valence-electron chi connectivity index (χ0n) is 10.4. The molecule has 0 radical (unpaired) electrons. The first kappa shape index (κ1) is 12.9. The first-order chi connectivity index (χ1) is 7.07. The quantitative estimate of drug-likeness (QED) is 0.735. The van der Waals surface area contributed by atoms with Crippen LogP contribution in [0.3, 0.4) is 0 Å². The van der Waals surface area contributed by atoms with E-state index in [1.807, 2.05) is 0 Å². The van der Waals surface area contributed by atoms with Crippen LogP contribution >= 0.6 is 0 Å². The molecule has 1 aliphatic heterocycles. The van der Waals surface area contributed by atoms with Gasteiger partial charge in [0.05, 0.1) is 0 Å². The molecule has 1 heterocycles. The number of rotatable bonds is 4. The molecule has 1 saturated heterocycles. The largest absolute Gasteiger partial charge is 0.396 e. The van der Waals surface area contributed by atoms with Crippen molar-refractivity contribution < 1.29 is 5.11 Å². The van der Waals surface area contributed by atoms with Gasteiger partial charge in [0.2, 0.25) is 0 Å². The third kappa shape index (κ3) is 4.49. The summed E-state index contributed by atoms with van der Waals surface area (Å²) in [6.45, 7) is 11.6. The minimum atomic E-state index is 0.290. The molecule has 0 saturated carbocycles. The average molecular weight is 214 g/mol. The van der Waals surface area contributed by atoms with Gasteiger partial charge in [0.1, 0.15) is 0 Å². The van der Waals surface area contributed by atoms with Crippen LogP contribution in [-0.4, -0.2) is 48.8 Å². The van der Waals surface area contributed by atoms with E-state index in [0.29, 0.717) is 11.5 Å². The zero-order valence-corrected chi connectivity index (χ0v) is 10.4. The smallest absolute Gasteiger partial charge is 0.0446 e. The van der Waals surface area contributed by atoms with Gasteiger partial charge in [0.25, 0.3) is 0 Å². The second kappa shape index (κ2) is 5.83. The molecule has 90 valence electrons. The zero-order chi connectivity index (χ0) is 11.3. The van der Waals surface area contributed by atoms with Crippen molar-refractivity contribution >= 4 is 0 Å². The van der Waals surface area contributed by atoms with Crippen LogP contribution in [-0.2, 0) is 0 Å². The summed E-state index contributed by atoms with van der Waals surface area (Å²) in [4.78, 5) is 2.53. The molecule has 0 spiro atoms. The van der Waals surface area contributed by atoms with Crippen molar-refractivity contribution in [3.05, 3.63) is 0 Å². The predicted octanol–water partition coefficient (Wildman–Crippen LogP) is 1.08. The van der Waals surface area contributed by atoms with E-state index in [4.69, 9.17) is 5.11 Å². The summed E-state index contributed by atoms with van der Waals surface area (Å²) in [6, 6.07) is 0.461. The Morgan fingerprint density at radius 2 is 2.20 bits per heavy atom. The number of hydrogen-bond donors (Lipinski definition) is 2. The lowest BCUT2D eigenvalue weighted by Gasteiger charge is -2.28. The fourth-order valence-electron chi connectivity index (χ4n) is 2.36. The van der Waals surface area contributed by atoms with Crippen molar-refractivity contribution in [2.75, 3.05) is 32.8 Å². The summed E-state index contributed by atoms with van der Waals surface area (Å²) in [6.07, 6.45) is 2.08. The van der Waals surface area contributed by atoms with Crippen LogP contribution in [0.2, 0.25) is 0 Å². The van der Waals surface area contributed by atoms with Crippen LogP contribution in [0.5, 0.6) is 0 Å². The fourth-order valence-corrected chi connectivity index (χ4v) is 2.36. The lowest BCUT2D eigenvalue weighted by molar-refractivity contribution is 0.195. The van der Waals surface area contributed by atoms with E-state index in [-0.39, 0.29) is 6.61 Å². The van der Waals surface area contributed by atoms with Gasteiger partial charge in [0.15, 0.2) is 0 Å². The highest BCUT2D eigenvalue weighted by molar-refractivity contribution is 4.85. The maximum Gasteiger partial charge on any atom is 0.0446 e. The Kier molecular flexibility index (Phi) is 5.03. The molecule has 2 N–H and O–H groups in total. The number of nitrogens with one attached hydrogen (secondary N) is 1. The van der Waals surface area contributed by atoms with E-state index in [1.165, 1.54) is 13.0 Å². The summed E-state index contributed by atoms with van der Waals surface area (Å²) < 4.78 is 0. The number of hydrogen-bond acceptors (Lipinski definition) is 3. The molecular weight excluding hydrogens is 188 g/mol. The minimum Gasteiger partial charge on any atom is -0.396 e. The van der Waals surface area contributed by atoms with Gasteiger partial charge in [-0.3, -0.25) is 0 Å². The highest BCUT2D eigenvalue weighted by Gasteiger charge is 2.27. The molecule has 0 aromatic rings. The monoisotopic (exact) mass is 214 g/mol. The summed E-state index contributed by atoms with van der Waals surface area (Å²) >= 11 is 0. The second-order valence-electron chi connectivity index (χ2n) is 5.49. The number of aliphatic hydroxyl groups excluding tert-OH is 1. The maximum atomic E-state index is 9.00. The first-order valence-electron chi connectivity index (χ1n) is 6.14. The summed E-state index contributed by atoms with van der Waals surface area (Å²) in [5.74, 6) is 0. The molecule has 1 unspecified atom stereocenters. The lowest BCUT2D eigenvalue weighted by Crippen LogP contribution is -2.38. The van der Waals surface area contributed by atoms with Gasteiger partial charge in [0, 0.05) is 32.3 Å². The molecule has 0 aliphatic carbocycles. The number of aliphatic hydroxyl groups is 1. The van der Waals surface area contributed by atoms with Crippen LogP contribution < -0.4 is 5.32 Å². The van der Waals surface area contributed by atoms with Crippen LogP contribution in [0, 0.1) is 5.41 Å². The topological polar surface area (TPSA) is 35.5 Å². The molecule has 0 aromatic carbocycles. The van der Waals surface area contributed by atoms with E-state index in [2.05, 4.69) is 31.0 Å². The fraction of sp³-hybridized carbons (Fsp3) is 1.00. The van der Waals surface area contributed by atoms with Crippen molar-refractivity contribution in [3.63, 3.8) is 0 Å². The molecule has 0 amide bonds. The van der Waals surface area contributed by atoms with Gasteiger partial charge in [-0.1, -0.05) is 20.8 Å². The van der Waals surface area contributed by atoms with Gasteiger partial charge < -0.3 is 15.3 Å². The predicted molar refractivity (Wildman–Crippen MR) is 64.0 cm³/mol. The summed E-state index contributed by atoms with van der Waals surface area (Å²) in [5.41, 5.74) is 0.347. The second-order valence-corrected chi connectivity index (χ2v) is 5.49. The molecule has 1 fully saturated rings. The van der Waals surface area contributed by atoms with Crippen molar-refractivity contribution in [2.24, 2.45) is 5.41 Å². The van der Waals surface area contributed by atoms with Gasteiger partial charge in [-0.2, -0.15) is 0 Å². The Bertz CT molecular complexity index is 182. The van der Waals surface area contributed by atoms with Crippen molar-refractivity contribution in [2.45, 2.75) is 39.7 Å². The van der Waals surface area contributed by atoms with E-state index >= 15 is 0 Å². The molecule has 1 aliphatic rings. The molecule has 1 rings (SSSR count). The van der Waals surface area contributed by atoms with E-state index in [0.717, 1.165) is 26.1 Å². The first-order valence-corrected chi connectivity index (χ1v) is 6.14. The lowest BCUT2D eigenvalue weighted by atomic mass is 9.93. The van der Waals surface area contributed by atoms with Gasteiger partial charge in [-0.05, 0) is 24.8 Å². The molecule has 0 bridgehead atoms. The van der Waals surface area contributed by atoms with Crippen LogP contribution in [0.25, 0.3) is 0 Å². The average Bonchev–Trinajstić information content (AvgIpc) is 2.26. The molecular formula is C12H26N2O. The van der Waals surface area contributed by atoms with Crippen LogP contribution in [0.15, 0.2) is 0 Å².